The molecule has 110 valence electrons. The van der Waals surface area contributed by atoms with Crippen molar-refractivity contribution in [2.24, 2.45) is 0 Å². The third-order valence-corrected chi connectivity index (χ3v) is 7.06. The van der Waals surface area contributed by atoms with Gasteiger partial charge < -0.3 is 5.11 Å². The summed E-state index contributed by atoms with van der Waals surface area (Å²) in [4.78, 5) is 0.704. The summed E-state index contributed by atoms with van der Waals surface area (Å²) >= 11 is 1.14. The van der Waals surface area contributed by atoms with Gasteiger partial charge in [-0.05, 0) is 37.8 Å². The van der Waals surface area contributed by atoms with Crippen molar-refractivity contribution in [3.05, 3.63) is 16.5 Å². The minimum absolute atomic E-state index is 0.119. The number of sulfonamides is 1. The second-order valence-electron chi connectivity index (χ2n) is 4.78. The molecule has 0 fully saturated rings. The van der Waals surface area contributed by atoms with Gasteiger partial charge in [0.05, 0.1) is 6.61 Å². The molecule has 0 bridgehead atoms. The molecule has 0 spiro atoms. The predicted molar refractivity (Wildman–Crippen MR) is 78.9 cm³/mol. The molecule has 1 aromatic rings. The average molecular weight is 305 g/mol. The van der Waals surface area contributed by atoms with E-state index in [9.17, 15) is 8.42 Å². The van der Waals surface area contributed by atoms with E-state index in [4.69, 9.17) is 5.11 Å². The van der Waals surface area contributed by atoms with E-state index in [1.165, 1.54) is 0 Å². The molecule has 0 amide bonds. The summed E-state index contributed by atoms with van der Waals surface area (Å²) in [5.41, 5.74) is 0.443. The molecule has 0 atom stereocenters. The van der Waals surface area contributed by atoms with E-state index in [-0.39, 0.29) is 16.4 Å². The molecule has 0 aliphatic heterocycles. The number of aliphatic hydroxyl groups is 1. The van der Waals surface area contributed by atoms with E-state index < -0.39 is 10.0 Å². The van der Waals surface area contributed by atoms with Crippen LogP contribution in [0.5, 0.6) is 0 Å². The molecule has 0 aromatic carbocycles. The van der Waals surface area contributed by atoms with Crippen LogP contribution in [0.25, 0.3) is 0 Å². The van der Waals surface area contributed by atoms with Gasteiger partial charge in [-0.3, -0.25) is 0 Å². The second-order valence-corrected chi connectivity index (χ2v) is 7.82. The maximum absolute atomic E-state index is 12.4. The van der Waals surface area contributed by atoms with Crippen LogP contribution in [0.1, 0.15) is 50.5 Å². The standard InChI is InChI=1S/C13H23NO3S2/c1-5-13(6-2,7-3)14-19(16,17)12-8-10(4)11(9-15)18-12/h8,14-15H,5-7,9H2,1-4H3. The van der Waals surface area contributed by atoms with Gasteiger partial charge in [-0.15, -0.1) is 11.3 Å². The van der Waals surface area contributed by atoms with E-state index in [1.54, 1.807) is 6.07 Å². The molecular weight excluding hydrogens is 282 g/mol. The Morgan fingerprint density at radius 2 is 1.79 bits per heavy atom. The molecule has 1 rings (SSSR count). The number of rotatable bonds is 7. The van der Waals surface area contributed by atoms with Crippen LogP contribution < -0.4 is 4.72 Å². The smallest absolute Gasteiger partial charge is 0.250 e. The number of aliphatic hydroxyl groups excluding tert-OH is 1. The molecule has 0 radical (unpaired) electrons. The number of hydrogen-bond acceptors (Lipinski definition) is 4. The Kier molecular flexibility index (Phi) is 5.55. The fraction of sp³-hybridized carbons (Fsp3) is 0.692. The first-order valence-electron chi connectivity index (χ1n) is 6.58. The van der Waals surface area contributed by atoms with Crippen LogP contribution in [0.2, 0.25) is 0 Å². The Labute approximate surface area is 119 Å². The highest BCUT2D eigenvalue weighted by Gasteiger charge is 2.31. The minimum atomic E-state index is -3.51. The Bertz CT molecular complexity index is 508. The van der Waals surface area contributed by atoms with Crippen molar-refractivity contribution >= 4 is 21.4 Å². The van der Waals surface area contributed by atoms with Crippen molar-refractivity contribution < 1.29 is 13.5 Å². The average Bonchev–Trinajstić information content (AvgIpc) is 2.78. The van der Waals surface area contributed by atoms with Crippen molar-refractivity contribution in [1.82, 2.24) is 4.72 Å². The molecule has 1 aromatic heterocycles. The van der Waals surface area contributed by atoms with E-state index in [0.717, 1.165) is 36.2 Å². The fourth-order valence-corrected chi connectivity index (χ4v) is 5.14. The molecule has 0 saturated heterocycles. The summed E-state index contributed by atoms with van der Waals surface area (Å²) in [6.07, 6.45) is 2.28. The molecule has 6 heteroatoms. The van der Waals surface area contributed by atoms with Gasteiger partial charge in [-0.2, -0.15) is 0 Å². The van der Waals surface area contributed by atoms with Gasteiger partial charge in [-0.1, -0.05) is 20.8 Å². The normalized spacial score (nSPS) is 12.9. The number of nitrogens with one attached hydrogen (secondary N) is 1. The van der Waals surface area contributed by atoms with Crippen molar-refractivity contribution in [3.8, 4) is 0 Å². The molecule has 2 N–H and O–H groups in total. The fourth-order valence-electron chi connectivity index (χ4n) is 2.08. The summed E-state index contributed by atoms with van der Waals surface area (Å²) < 4.78 is 28.0. The third-order valence-electron chi connectivity index (χ3n) is 3.79. The summed E-state index contributed by atoms with van der Waals surface area (Å²) in [5.74, 6) is 0. The van der Waals surface area contributed by atoms with E-state index >= 15 is 0 Å². The van der Waals surface area contributed by atoms with E-state index in [1.807, 2.05) is 27.7 Å². The van der Waals surface area contributed by atoms with Crippen LogP contribution in [0.3, 0.4) is 0 Å². The van der Waals surface area contributed by atoms with Gasteiger partial charge >= 0.3 is 0 Å². The van der Waals surface area contributed by atoms with Crippen LogP contribution in [-0.2, 0) is 16.6 Å². The Hall–Kier alpha value is -0.430. The van der Waals surface area contributed by atoms with Gasteiger partial charge in [0, 0.05) is 10.4 Å². The largest absolute Gasteiger partial charge is 0.391 e. The maximum Gasteiger partial charge on any atom is 0.250 e. The van der Waals surface area contributed by atoms with Gasteiger partial charge in [0.2, 0.25) is 0 Å². The Morgan fingerprint density at radius 1 is 1.26 bits per heavy atom. The first-order valence-corrected chi connectivity index (χ1v) is 8.88. The lowest BCUT2D eigenvalue weighted by molar-refractivity contribution is 0.285. The predicted octanol–water partition coefficient (Wildman–Crippen LogP) is 2.80. The highest BCUT2D eigenvalue weighted by molar-refractivity contribution is 7.91. The van der Waals surface area contributed by atoms with Crippen molar-refractivity contribution in [2.45, 2.75) is 63.3 Å². The summed E-state index contributed by atoms with van der Waals surface area (Å²) in [6, 6.07) is 1.63. The topological polar surface area (TPSA) is 66.4 Å². The SMILES string of the molecule is CCC(CC)(CC)NS(=O)(=O)c1cc(C)c(CO)s1. The first kappa shape index (κ1) is 16.6. The molecule has 0 aliphatic carbocycles. The van der Waals surface area contributed by atoms with Crippen LogP contribution in [0.4, 0.5) is 0 Å². The molecule has 4 nitrogen and oxygen atoms in total. The summed E-state index contributed by atoms with van der Waals surface area (Å²) in [7, 11) is -3.51. The molecule has 1 heterocycles. The Morgan fingerprint density at radius 3 is 2.16 bits per heavy atom. The third kappa shape index (κ3) is 3.56. The quantitative estimate of drug-likeness (QED) is 0.814. The molecule has 0 aliphatic rings. The zero-order chi connectivity index (χ0) is 14.7. The lowest BCUT2D eigenvalue weighted by atomic mass is 9.91. The lowest BCUT2D eigenvalue weighted by Gasteiger charge is -2.30. The highest BCUT2D eigenvalue weighted by atomic mass is 32.2. The van der Waals surface area contributed by atoms with Gasteiger partial charge in [0.25, 0.3) is 10.0 Å². The van der Waals surface area contributed by atoms with Crippen LogP contribution in [0.15, 0.2) is 10.3 Å². The molecule has 0 unspecified atom stereocenters. The lowest BCUT2D eigenvalue weighted by Crippen LogP contribution is -2.46. The molecule has 19 heavy (non-hydrogen) atoms. The van der Waals surface area contributed by atoms with Crippen molar-refractivity contribution in [2.75, 3.05) is 0 Å². The van der Waals surface area contributed by atoms with Crippen molar-refractivity contribution in [1.29, 1.82) is 0 Å². The summed E-state index contributed by atoms with van der Waals surface area (Å²) in [5, 5.41) is 9.16. The first-order chi connectivity index (χ1) is 8.84. The van der Waals surface area contributed by atoms with Gasteiger partial charge in [0.1, 0.15) is 4.21 Å². The van der Waals surface area contributed by atoms with E-state index in [0.29, 0.717) is 4.88 Å². The highest BCUT2D eigenvalue weighted by Crippen LogP contribution is 2.29. The van der Waals surface area contributed by atoms with Gasteiger partial charge in [-0.25, -0.2) is 13.1 Å². The zero-order valence-electron chi connectivity index (χ0n) is 12.0. The number of hydrogen-bond donors (Lipinski definition) is 2. The second kappa shape index (κ2) is 6.35. The van der Waals surface area contributed by atoms with Crippen LogP contribution in [0, 0.1) is 6.92 Å². The number of aryl methyl sites for hydroxylation is 1. The number of thiophene rings is 1. The maximum atomic E-state index is 12.4. The Balaban J connectivity index is 3.10. The van der Waals surface area contributed by atoms with E-state index in [2.05, 4.69) is 4.72 Å². The van der Waals surface area contributed by atoms with Gasteiger partial charge in [0.15, 0.2) is 0 Å². The van der Waals surface area contributed by atoms with Crippen molar-refractivity contribution in [3.63, 3.8) is 0 Å². The molecular formula is C13H23NO3S2. The molecule has 0 saturated carbocycles. The minimum Gasteiger partial charge on any atom is -0.391 e. The zero-order valence-corrected chi connectivity index (χ0v) is 13.6. The monoisotopic (exact) mass is 305 g/mol. The summed E-state index contributed by atoms with van der Waals surface area (Å²) in [6.45, 7) is 7.68. The van der Waals surface area contributed by atoms with Crippen LogP contribution in [-0.4, -0.2) is 19.1 Å². The van der Waals surface area contributed by atoms with Crippen LogP contribution >= 0.6 is 11.3 Å².